The highest BCUT2D eigenvalue weighted by Crippen LogP contribution is 2.27. The molecule has 132 valence electrons. The number of para-hydroxylation sites is 1. The molecule has 3 heterocycles. The van der Waals surface area contributed by atoms with E-state index < -0.39 is 0 Å². The maximum Gasteiger partial charge on any atom is 0.213 e. The van der Waals surface area contributed by atoms with E-state index in [0.29, 0.717) is 0 Å². The standard InChI is InChI=1S/C19H14N6S2/c1-12-24-25-15(17(22-19(25)26-12)13-7-3-2-4-8-13)11-20-23-18-21-14-9-5-6-10-16(14)27-18/h2-11H,1H3,(H,21,23)/b20-11+. The third-order valence-corrected chi connectivity index (χ3v) is 5.79. The van der Waals surface area contributed by atoms with Crippen LogP contribution in [0.5, 0.6) is 0 Å². The zero-order valence-electron chi connectivity index (χ0n) is 14.3. The molecule has 0 saturated carbocycles. The molecule has 5 rings (SSSR count). The summed E-state index contributed by atoms with van der Waals surface area (Å²) in [5.41, 5.74) is 6.74. The van der Waals surface area contributed by atoms with Crippen molar-refractivity contribution < 1.29 is 0 Å². The van der Waals surface area contributed by atoms with Crippen LogP contribution in [-0.4, -0.2) is 25.8 Å². The van der Waals surface area contributed by atoms with E-state index in [9.17, 15) is 0 Å². The largest absolute Gasteiger partial charge is 0.253 e. The van der Waals surface area contributed by atoms with E-state index in [2.05, 4.69) is 20.6 Å². The number of thiazole rings is 1. The molecule has 0 aliphatic rings. The summed E-state index contributed by atoms with van der Waals surface area (Å²) in [4.78, 5) is 10.1. The van der Waals surface area contributed by atoms with Gasteiger partial charge >= 0.3 is 0 Å². The normalized spacial score (nSPS) is 11.7. The number of anilines is 1. The number of imidazole rings is 1. The van der Waals surface area contributed by atoms with Crippen LogP contribution in [0.15, 0.2) is 59.7 Å². The molecule has 0 atom stereocenters. The maximum atomic E-state index is 4.75. The smallest absolute Gasteiger partial charge is 0.213 e. The van der Waals surface area contributed by atoms with Gasteiger partial charge in [0.05, 0.1) is 16.4 Å². The molecule has 0 amide bonds. The molecule has 3 aromatic heterocycles. The number of hydrogen-bond acceptors (Lipinski definition) is 7. The second-order valence-electron chi connectivity index (χ2n) is 5.88. The van der Waals surface area contributed by atoms with Crippen LogP contribution in [0.2, 0.25) is 0 Å². The summed E-state index contributed by atoms with van der Waals surface area (Å²) in [5.74, 6) is 0. The molecule has 8 heteroatoms. The highest BCUT2D eigenvalue weighted by Gasteiger charge is 2.15. The van der Waals surface area contributed by atoms with E-state index in [-0.39, 0.29) is 0 Å². The van der Waals surface area contributed by atoms with Gasteiger partial charge in [-0.3, -0.25) is 5.43 Å². The Morgan fingerprint density at radius 1 is 1.00 bits per heavy atom. The second kappa shape index (κ2) is 6.57. The monoisotopic (exact) mass is 390 g/mol. The topological polar surface area (TPSA) is 67.5 Å². The number of hydrazone groups is 1. The van der Waals surface area contributed by atoms with Gasteiger partial charge in [0.15, 0.2) is 0 Å². The van der Waals surface area contributed by atoms with Gasteiger partial charge in [-0.1, -0.05) is 65.1 Å². The van der Waals surface area contributed by atoms with Crippen LogP contribution in [-0.2, 0) is 0 Å². The quantitative estimate of drug-likeness (QED) is 0.353. The molecule has 0 saturated heterocycles. The number of aryl methyl sites for hydroxylation is 1. The van der Waals surface area contributed by atoms with Crippen LogP contribution in [0.1, 0.15) is 10.7 Å². The Kier molecular flexibility index (Phi) is 3.92. The van der Waals surface area contributed by atoms with Gasteiger partial charge in [0.2, 0.25) is 10.1 Å². The number of hydrogen-bond donors (Lipinski definition) is 1. The van der Waals surface area contributed by atoms with Crippen molar-refractivity contribution in [3.63, 3.8) is 0 Å². The third-order valence-electron chi connectivity index (χ3n) is 4.03. The molecule has 0 radical (unpaired) electrons. The average Bonchev–Trinajstić information content (AvgIpc) is 3.35. The van der Waals surface area contributed by atoms with Crippen molar-refractivity contribution in [3.8, 4) is 11.3 Å². The number of nitrogens with one attached hydrogen (secondary N) is 1. The zero-order valence-corrected chi connectivity index (χ0v) is 16.0. The van der Waals surface area contributed by atoms with Crippen molar-refractivity contribution >= 4 is 49.2 Å². The van der Waals surface area contributed by atoms with Crippen molar-refractivity contribution in [2.24, 2.45) is 5.10 Å². The molecule has 0 aliphatic carbocycles. The summed E-state index contributed by atoms with van der Waals surface area (Å²) >= 11 is 3.13. The van der Waals surface area contributed by atoms with E-state index in [0.717, 1.165) is 42.3 Å². The summed E-state index contributed by atoms with van der Waals surface area (Å²) in [5, 5.41) is 10.7. The van der Waals surface area contributed by atoms with Crippen molar-refractivity contribution in [3.05, 3.63) is 65.3 Å². The summed E-state index contributed by atoms with van der Waals surface area (Å²) in [6.07, 6.45) is 1.76. The van der Waals surface area contributed by atoms with Gasteiger partial charge in [-0.05, 0) is 19.1 Å². The number of nitrogens with zero attached hydrogens (tertiary/aromatic N) is 5. The lowest BCUT2D eigenvalue weighted by molar-refractivity contribution is 0.938. The van der Waals surface area contributed by atoms with Crippen LogP contribution < -0.4 is 5.43 Å². The average molecular weight is 390 g/mol. The minimum absolute atomic E-state index is 0.754. The second-order valence-corrected chi connectivity index (χ2v) is 8.07. The van der Waals surface area contributed by atoms with Gasteiger partial charge in [0, 0.05) is 5.56 Å². The Bertz CT molecular complexity index is 1230. The Morgan fingerprint density at radius 2 is 1.81 bits per heavy atom. The zero-order chi connectivity index (χ0) is 18.2. The summed E-state index contributed by atoms with van der Waals surface area (Å²) in [6.45, 7) is 1.97. The first-order chi connectivity index (χ1) is 13.3. The van der Waals surface area contributed by atoms with Crippen molar-refractivity contribution in [2.75, 3.05) is 5.43 Å². The molecule has 0 bridgehead atoms. The van der Waals surface area contributed by atoms with Crippen molar-refractivity contribution in [1.82, 2.24) is 19.6 Å². The van der Waals surface area contributed by atoms with Gasteiger partial charge in [-0.15, -0.1) is 0 Å². The SMILES string of the molecule is Cc1nn2c(/C=N/Nc3nc4ccccc4s3)c(-c3ccccc3)nc2s1. The van der Waals surface area contributed by atoms with E-state index in [4.69, 9.17) is 4.98 Å². The van der Waals surface area contributed by atoms with Gasteiger partial charge in [0.25, 0.3) is 0 Å². The van der Waals surface area contributed by atoms with E-state index in [1.165, 1.54) is 0 Å². The molecule has 2 aromatic carbocycles. The lowest BCUT2D eigenvalue weighted by Crippen LogP contribution is -1.97. The molecule has 0 unspecified atom stereocenters. The molecule has 5 aromatic rings. The Balaban J connectivity index is 1.52. The van der Waals surface area contributed by atoms with E-state index in [1.54, 1.807) is 28.9 Å². The molecule has 1 N–H and O–H groups in total. The Morgan fingerprint density at radius 3 is 2.67 bits per heavy atom. The van der Waals surface area contributed by atoms with Crippen LogP contribution in [0.3, 0.4) is 0 Å². The first kappa shape index (κ1) is 16.1. The van der Waals surface area contributed by atoms with E-state index in [1.807, 2.05) is 66.0 Å². The fourth-order valence-corrected chi connectivity index (χ4v) is 4.42. The van der Waals surface area contributed by atoms with Gasteiger partial charge in [-0.25, -0.2) is 14.5 Å². The van der Waals surface area contributed by atoms with Crippen LogP contribution in [0.25, 0.3) is 26.4 Å². The number of aromatic nitrogens is 4. The minimum atomic E-state index is 0.754. The molecule has 0 spiro atoms. The molecule has 6 nitrogen and oxygen atoms in total. The Hall–Kier alpha value is -3.10. The fraction of sp³-hybridized carbons (Fsp3) is 0.0526. The predicted molar refractivity (Wildman–Crippen MR) is 112 cm³/mol. The van der Waals surface area contributed by atoms with Crippen molar-refractivity contribution in [2.45, 2.75) is 6.92 Å². The number of benzene rings is 2. The molecule has 0 fully saturated rings. The molecular weight excluding hydrogens is 376 g/mol. The first-order valence-electron chi connectivity index (χ1n) is 8.34. The lowest BCUT2D eigenvalue weighted by atomic mass is 10.1. The molecular formula is C19H14N6S2. The van der Waals surface area contributed by atoms with Gasteiger partial charge < -0.3 is 0 Å². The lowest BCUT2D eigenvalue weighted by Gasteiger charge is -1.99. The van der Waals surface area contributed by atoms with Gasteiger partial charge in [0.1, 0.15) is 16.4 Å². The molecule has 27 heavy (non-hydrogen) atoms. The number of fused-ring (bicyclic) bond motifs is 2. The summed E-state index contributed by atoms with van der Waals surface area (Å²) < 4.78 is 2.97. The molecule has 0 aliphatic heterocycles. The Labute approximate surface area is 162 Å². The summed E-state index contributed by atoms with van der Waals surface area (Å²) in [6, 6.07) is 18.1. The minimum Gasteiger partial charge on any atom is -0.253 e. The van der Waals surface area contributed by atoms with Crippen LogP contribution >= 0.6 is 22.7 Å². The van der Waals surface area contributed by atoms with Crippen molar-refractivity contribution in [1.29, 1.82) is 0 Å². The third kappa shape index (κ3) is 2.98. The highest BCUT2D eigenvalue weighted by molar-refractivity contribution is 7.22. The van der Waals surface area contributed by atoms with Gasteiger partial charge in [-0.2, -0.15) is 10.2 Å². The number of rotatable bonds is 4. The maximum absolute atomic E-state index is 4.75. The summed E-state index contributed by atoms with van der Waals surface area (Å²) in [7, 11) is 0. The predicted octanol–water partition coefficient (Wildman–Crippen LogP) is 4.82. The van der Waals surface area contributed by atoms with E-state index >= 15 is 0 Å². The fourth-order valence-electron chi connectivity index (χ4n) is 2.85. The van der Waals surface area contributed by atoms with Crippen LogP contribution in [0, 0.1) is 6.92 Å². The first-order valence-corrected chi connectivity index (χ1v) is 9.97. The highest BCUT2D eigenvalue weighted by atomic mass is 32.1. The van der Waals surface area contributed by atoms with Crippen LogP contribution in [0.4, 0.5) is 5.13 Å².